The van der Waals surface area contributed by atoms with Gasteiger partial charge >= 0.3 is 0 Å². The van der Waals surface area contributed by atoms with Crippen LogP contribution in [0.4, 0.5) is 14.6 Å². The fourth-order valence-electron chi connectivity index (χ4n) is 3.01. The van der Waals surface area contributed by atoms with Crippen LogP contribution >= 0.6 is 0 Å². The largest absolute Gasteiger partial charge is 0.483 e. The molecule has 1 N–H and O–H groups in total. The maximum atomic E-state index is 13.6. The molecule has 0 spiro atoms. The van der Waals surface area contributed by atoms with E-state index in [1.807, 2.05) is 25.1 Å². The quantitative estimate of drug-likeness (QED) is 0.457. The summed E-state index contributed by atoms with van der Waals surface area (Å²) in [5.74, 6) is -1.32. The first kappa shape index (κ1) is 20.3. The van der Waals surface area contributed by atoms with Crippen molar-refractivity contribution < 1.29 is 22.7 Å². The monoisotopic (exact) mass is 423 g/mol. The number of furan rings is 1. The van der Waals surface area contributed by atoms with E-state index in [4.69, 9.17) is 9.15 Å². The van der Waals surface area contributed by atoms with Crippen LogP contribution in [0.2, 0.25) is 0 Å². The molecule has 0 aliphatic rings. The third-order valence-corrected chi connectivity index (χ3v) is 4.46. The Labute approximate surface area is 177 Å². The van der Waals surface area contributed by atoms with Gasteiger partial charge < -0.3 is 14.5 Å². The van der Waals surface area contributed by atoms with E-state index in [-0.39, 0.29) is 18.1 Å². The van der Waals surface area contributed by atoms with E-state index in [2.05, 4.69) is 16.5 Å². The van der Waals surface area contributed by atoms with Gasteiger partial charge in [0.15, 0.2) is 23.1 Å². The van der Waals surface area contributed by atoms with Crippen molar-refractivity contribution in [2.24, 2.45) is 0 Å². The molecular weight excluding hydrogens is 404 g/mol. The van der Waals surface area contributed by atoms with Gasteiger partial charge in [-0.15, -0.1) is 0 Å². The lowest BCUT2D eigenvalue weighted by atomic mass is 10.1. The maximum Gasteiger partial charge on any atom is 0.292 e. The standard InChI is InChI=1S/C23H19F2N3O3/c1-15-3-2-4-16(11-15)13-28-10-9-22(27-28)26-23(29)21-8-6-18(31-21)14-30-20-7-5-17(24)12-19(20)25/h2-12H,13-14H2,1H3,(H,26,27,29). The number of nitrogens with one attached hydrogen (secondary N) is 1. The highest BCUT2D eigenvalue weighted by molar-refractivity contribution is 6.01. The van der Waals surface area contributed by atoms with Crippen molar-refractivity contribution in [3.8, 4) is 5.75 Å². The van der Waals surface area contributed by atoms with Crippen LogP contribution in [0.25, 0.3) is 0 Å². The summed E-state index contributed by atoms with van der Waals surface area (Å²) in [4.78, 5) is 12.4. The van der Waals surface area contributed by atoms with E-state index < -0.39 is 17.5 Å². The normalized spacial score (nSPS) is 10.8. The molecule has 0 saturated carbocycles. The average Bonchev–Trinajstić information content (AvgIpc) is 3.37. The minimum absolute atomic E-state index is 0.0615. The van der Waals surface area contributed by atoms with Crippen LogP contribution in [0.15, 0.2) is 71.3 Å². The lowest BCUT2D eigenvalue weighted by molar-refractivity contribution is 0.0992. The Balaban J connectivity index is 1.34. The van der Waals surface area contributed by atoms with E-state index in [1.54, 1.807) is 23.0 Å². The number of benzene rings is 2. The number of carbonyl (C=O) groups is 1. The minimum Gasteiger partial charge on any atom is -0.483 e. The SMILES string of the molecule is Cc1cccc(Cn2ccc(NC(=O)c3ccc(COc4ccc(F)cc4F)o3)n2)c1. The summed E-state index contributed by atoms with van der Waals surface area (Å²) in [5, 5.41) is 7.02. The smallest absolute Gasteiger partial charge is 0.292 e. The summed E-state index contributed by atoms with van der Waals surface area (Å²) in [7, 11) is 0. The van der Waals surface area contributed by atoms with Crippen molar-refractivity contribution in [1.82, 2.24) is 9.78 Å². The van der Waals surface area contributed by atoms with Crippen molar-refractivity contribution in [1.29, 1.82) is 0 Å². The molecule has 0 aliphatic carbocycles. The highest BCUT2D eigenvalue weighted by Gasteiger charge is 2.14. The highest BCUT2D eigenvalue weighted by atomic mass is 19.1. The molecule has 0 bridgehead atoms. The first-order chi connectivity index (χ1) is 15.0. The van der Waals surface area contributed by atoms with Crippen LogP contribution in [0.3, 0.4) is 0 Å². The van der Waals surface area contributed by atoms with E-state index in [0.717, 1.165) is 23.3 Å². The number of anilines is 1. The number of amides is 1. The summed E-state index contributed by atoms with van der Waals surface area (Å²) < 4.78 is 39.0. The van der Waals surface area contributed by atoms with Gasteiger partial charge in [0.05, 0.1) is 6.54 Å². The van der Waals surface area contributed by atoms with E-state index >= 15 is 0 Å². The molecule has 2 aromatic heterocycles. The number of hydrogen-bond donors (Lipinski definition) is 1. The van der Waals surface area contributed by atoms with E-state index in [9.17, 15) is 13.6 Å². The van der Waals surface area contributed by atoms with E-state index in [0.29, 0.717) is 18.1 Å². The molecule has 4 rings (SSSR count). The molecule has 158 valence electrons. The van der Waals surface area contributed by atoms with Crippen molar-refractivity contribution in [2.45, 2.75) is 20.1 Å². The summed E-state index contributed by atoms with van der Waals surface area (Å²) in [6.07, 6.45) is 1.77. The van der Waals surface area contributed by atoms with Crippen molar-refractivity contribution in [3.05, 3.63) is 101 Å². The summed E-state index contributed by atoms with van der Waals surface area (Å²) in [5.41, 5.74) is 2.27. The van der Waals surface area contributed by atoms with Crippen LogP contribution in [0.1, 0.15) is 27.4 Å². The first-order valence-electron chi connectivity index (χ1n) is 9.53. The summed E-state index contributed by atoms with van der Waals surface area (Å²) in [6, 6.07) is 15.8. The van der Waals surface area contributed by atoms with Gasteiger partial charge in [-0.3, -0.25) is 9.48 Å². The Morgan fingerprint density at radius 1 is 1.13 bits per heavy atom. The molecular formula is C23H19F2N3O3. The first-order valence-corrected chi connectivity index (χ1v) is 9.53. The molecule has 2 aromatic carbocycles. The third kappa shape index (κ3) is 5.16. The van der Waals surface area contributed by atoms with Gasteiger partial charge in [0, 0.05) is 18.3 Å². The van der Waals surface area contributed by atoms with Gasteiger partial charge in [0.25, 0.3) is 5.91 Å². The van der Waals surface area contributed by atoms with Gasteiger partial charge in [-0.1, -0.05) is 29.8 Å². The van der Waals surface area contributed by atoms with Gasteiger partial charge in [-0.05, 0) is 36.8 Å². The van der Waals surface area contributed by atoms with Crippen LogP contribution in [-0.4, -0.2) is 15.7 Å². The zero-order chi connectivity index (χ0) is 21.8. The molecule has 0 fully saturated rings. The second-order valence-corrected chi connectivity index (χ2v) is 6.97. The van der Waals surface area contributed by atoms with Gasteiger partial charge in [0.2, 0.25) is 0 Å². The summed E-state index contributed by atoms with van der Waals surface area (Å²) in [6.45, 7) is 2.50. The number of halogens is 2. The minimum atomic E-state index is -0.814. The lowest BCUT2D eigenvalue weighted by Crippen LogP contribution is -2.12. The van der Waals surface area contributed by atoms with Gasteiger partial charge in [-0.25, -0.2) is 8.78 Å². The zero-order valence-corrected chi connectivity index (χ0v) is 16.6. The van der Waals surface area contributed by atoms with Crippen molar-refractivity contribution in [2.75, 3.05) is 5.32 Å². The Hall–Kier alpha value is -3.94. The predicted molar refractivity (Wildman–Crippen MR) is 110 cm³/mol. The van der Waals surface area contributed by atoms with Gasteiger partial charge in [0.1, 0.15) is 18.2 Å². The second-order valence-electron chi connectivity index (χ2n) is 6.97. The number of aryl methyl sites for hydroxylation is 1. The van der Waals surface area contributed by atoms with Crippen LogP contribution in [0.5, 0.6) is 5.75 Å². The second kappa shape index (κ2) is 8.83. The topological polar surface area (TPSA) is 69.3 Å². The fraction of sp³-hybridized carbons (Fsp3) is 0.130. The molecule has 2 heterocycles. The molecule has 6 nitrogen and oxygen atoms in total. The Morgan fingerprint density at radius 2 is 2.00 bits per heavy atom. The van der Waals surface area contributed by atoms with Gasteiger partial charge in [-0.2, -0.15) is 5.10 Å². The zero-order valence-electron chi connectivity index (χ0n) is 16.6. The fourth-order valence-corrected chi connectivity index (χ4v) is 3.01. The van der Waals surface area contributed by atoms with Crippen LogP contribution in [0, 0.1) is 18.6 Å². The number of carbonyl (C=O) groups excluding carboxylic acids is 1. The molecule has 0 atom stereocenters. The lowest BCUT2D eigenvalue weighted by Gasteiger charge is -2.05. The summed E-state index contributed by atoms with van der Waals surface area (Å²) >= 11 is 0. The third-order valence-electron chi connectivity index (χ3n) is 4.46. The molecule has 4 aromatic rings. The molecule has 0 aliphatic heterocycles. The molecule has 0 radical (unpaired) electrons. The van der Waals surface area contributed by atoms with Crippen LogP contribution in [-0.2, 0) is 13.2 Å². The van der Waals surface area contributed by atoms with E-state index in [1.165, 1.54) is 12.1 Å². The Bertz CT molecular complexity index is 1220. The Morgan fingerprint density at radius 3 is 2.81 bits per heavy atom. The Kier molecular flexibility index (Phi) is 5.79. The molecule has 31 heavy (non-hydrogen) atoms. The molecule has 8 heteroatoms. The van der Waals surface area contributed by atoms with Crippen LogP contribution < -0.4 is 10.1 Å². The molecule has 0 saturated heterocycles. The number of hydrogen-bond acceptors (Lipinski definition) is 4. The number of ether oxygens (including phenoxy) is 1. The molecule has 1 amide bonds. The maximum absolute atomic E-state index is 13.6. The number of rotatable bonds is 7. The number of aromatic nitrogens is 2. The number of nitrogens with zero attached hydrogens (tertiary/aromatic N) is 2. The molecule has 0 unspecified atom stereocenters. The predicted octanol–water partition coefficient (Wildman–Crippen LogP) is 4.94. The van der Waals surface area contributed by atoms with Crippen molar-refractivity contribution in [3.63, 3.8) is 0 Å². The van der Waals surface area contributed by atoms with Crippen molar-refractivity contribution >= 4 is 11.7 Å². The highest BCUT2D eigenvalue weighted by Crippen LogP contribution is 2.20. The average molecular weight is 423 g/mol.